The fourth-order valence-corrected chi connectivity index (χ4v) is 2.66. The van der Waals surface area contributed by atoms with Crippen LogP contribution in [0.1, 0.15) is 31.4 Å². The molecule has 0 radical (unpaired) electrons. The zero-order chi connectivity index (χ0) is 15.1. The van der Waals surface area contributed by atoms with Crippen molar-refractivity contribution in [3.05, 3.63) is 24.0 Å². The van der Waals surface area contributed by atoms with Gasteiger partial charge in [0.1, 0.15) is 0 Å². The van der Waals surface area contributed by atoms with Gasteiger partial charge in [0.2, 0.25) is 0 Å². The third kappa shape index (κ3) is 4.70. The van der Waals surface area contributed by atoms with E-state index in [0.717, 1.165) is 19.3 Å². The van der Waals surface area contributed by atoms with Crippen LogP contribution in [0.4, 0.5) is 4.79 Å². The summed E-state index contributed by atoms with van der Waals surface area (Å²) in [5.74, 6) is -1.10. The van der Waals surface area contributed by atoms with Crippen LogP contribution < -0.4 is 10.6 Å². The molecule has 1 aromatic heterocycles. The van der Waals surface area contributed by atoms with Crippen LogP contribution in [0.3, 0.4) is 0 Å². The number of carboxylic acid groups (broad SMARTS) is 1. The van der Waals surface area contributed by atoms with Crippen molar-refractivity contribution in [3.8, 4) is 0 Å². The van der Waals surface area contributed by atoms with Crippen LogP contribution in [-0.2, 0) is 11.3 Å². The standard InChI is InChI=1S/C14H20N4O3/c19-13(20)12-6-2-1-4-10(12)8-15-14(21)16-9-11-5-3-7-17-18-11/h3,5,7,10,12H,1-2,4,6,8-9H2,(H,19,20)(H2,15,16,21). The number of hydrogen-bond acceptors (Lipinski definition) is 4. The molecule has 1 saturated carbocycles. The minimum atomic E-state index is -0.763. The van der Waals surface area contributed by atoms with Crippen LogP contribution in [0.2, 0.25) is 0 Å². The number of urea groups is 1. The van der Waals surface area contributed by atoms with Gasteiger partial charge >= 0.3 is 12.0 Å². The van der Waals surface area contributed by atoms with Crippen molar-refractivity contribution in [1.29, 1.82) is 0 Å². The number of aromatic nitrogens is 2. The Balaban J connectivity index is 1.74. The molecule has 1 aliphatic rings. The monoisotopic (exact) mass is 292 g/mol. The van der Waals surface area contributed by atoms with Gasteiger partial charge in [0.15, 0.2) is 0 Å². The van der Waals surface area contributed by atoms with E-state index in [1.165, 1.54) is 0 Å². The number of carbonyl (C=O) groups excluding carboxylic acids is 1. The van der Waals surface area contributed by atoms with E-state index in [1.807, 2.05) is 0 Å². The number of rotatable bonds is 5. The fraction of sp³-hybridized carbons (Fsp3) is 0.571. The Labute approximate surface area is 123 Å². The zero-order valence-corrected chi connectivity index (χ0v) is 11.8. The predicted molar refractivity (Wildman–Crippen MR) is 75.4 cm³/mol. The molecule has 21 heavy (non-hydrogen) atoms. The number of nitrogens with zero attached hydrogens (tertiary/aromatic N) is 2. The summed E-state index contributed by atoms with van der Waals surface area (Å²) >= 11 is 0. The van der Waals surface area contributed by atoms with Gasteiger partial charge in [-0.15, -0.1) is 0 Å². The maximum absolute atomic E-state index is 11.7. The van der Waals surface area contributed by atoms with Gasteiger partial charge in [-0.3, -0.25) is 4.79 Å². The van der Waals surface area contributed by atoms with Gasteiger partial charge in [-0.1, -0.05) is 12.8 Å². The van der Waals surface area contributed by atoms with Crippen molar-refractivity contribution in [2.45, 2.75) is 32.2 Å². The Morgan fingerprint density at radius 1 is 1.29 bits per heavy atom. The molecule has 1 aliphatic carbocycles. The highest BCUT2D eigenvalue weighted by Gasteiger charge is 2.30. The van der Waals surface area contributed by atoms with E-state index in [4.69, 9.17) is 0 Å². The summed E-state index contributed by atoms with van der Waals surface area (Å²) in [6.07, 6.45) is 5.09. The largest absolute Gasteiger partial charge is 0.481 e. The number of hydrogen-bond donors (Lipinski definition) is 3. The molecule has 1 aromatic rings. The van der Waals surface area contributed by atoms with E-state index in [9.17, 15) is 14.7 Å². The van der Waals surface area contributed by atoms with Crippen molar-refractivity contribution in [3.63, 3.8) is 0 Å². The van der Waals surface area contributed by atoms with Crippen molar-refractivity contribution in [2.24, 2.45) is 11.8 Å². The first-order valence-corrected chi connectivity index (χ1v) is 7.18. The molecule has 7 nitrogen and oxygen atoms in total. The summed E-state index contributed by atoms with van der Waals surface area (Å²) in [5.41, 5.74) is 0.675. The zero-order valence-electron chi connectivity index (χ0n) is 11.8. The van der Waals surface area contributed by atoms with Crippen molar-refractivity contribution < 1.29 is 14.7 Å². The summed E-state index contributed by atoms with van der Waals surface area (Å²) in [5, 5.41) is 22.2. The van der Waals surface area contributed by atoms with Crippen LogP contribution in [0.25, 0.3) is 0 Å². The van der Waals surface area contributed by atoms with Gasteiger partial charge in [0.05, 0.1) is 18.2 Å². The maximum atomic E-state index is 11.7. The highest BCUT2D eigenvalue weighted by Crippen LogP contribution is 2.29. The molecule has 3 N–H and O–H groups in total. The van der Waals surface area contributed by atoms with E-state index in [0.29, 0.717) is 25.2 Å². The molecule has 0 saturated heterocycles. The SMILES string of the molecule is O=C(NCc1cccnn1)NCC1CCCCC1C(=O)O. The number of amides is 2. The second-order valence-electron chi connectivity index (χ2n) is 5.27. The summed E-state index contributed by atoms with van der Waals surface area (Å²) < 4.78 is 0. The first kappa shape index (κ1) is 15.2. The van der Waals surface area contributed by atoms with Gasteiger partial charge in [-0.2, -0.15) is 10.2 Å². The van der Waals surface area contributed by atoms with Crippen LogP contribution in [0.15, 0.2) is 18.3 Å². The quantitative estimate of drug-likeness (QED) is 0.755. The average Bonchev–Trinajstić information content (AvgIpc) is 2.52. The van der Waals surface area contributed by atoms with Gasteiger partial charge < -0.3 is 15.7 Å². The Morgan fingerprint density at radius 2 is 2.10 bits per heavy atom. The van der Waals surface area contributed by atoms with E-state index in [-0.39, 0.29) is 17.9 Å². The van der Waals surface area contributed by atoms with Crippen molar-refractivity contribution in [1.82, 2.24) is 20.8 Å². The lowest BCUT2D eigenvalue weighted by Gasteiger charge is -2.28. The lowest BCUT2D eigenvalue weighted by Crippen LogP contribution is -2.41. The number of carboxylic acids is 1. The molecule has 2 rings (SSSR count). The Bertz CT molecular complexity index is 480. The number of nitrogens with one attached hydrogen (secondary N) is 2. The molecular formula is C14H20N4O3. The van der Waals surface area contributed by atoms with E-state index >= 15 is 0 Å². The highest BCUT2D eigenvalue weighted by molar-refractivity contribution is 5.74. The Morgan fingerprint density at radius 3 is 2.81 bits per heavy atom. The molecule has 1 heterocycles. The molecule has 2 amide bonds. The third-order valence-electron chi connectivity index (χ3n) is 3.81. The van der Waals surface area contributed by atoms with Gasteiger partial charge in [-0.05, 0) is 30.9 Å². The molecule has 1 fully saturated rings. The Kier molecular flexibility index (Phi) is 5.48. The van der Waals surface area contributed by atoms with E-state index in [2.05, 4.69) is 20.8 Å². The molecule has 0 aliphatic heterocycles. The topological polar surface area (TPSA) is 104 Å². The van der Waals surface area contributed by atoms with Crippen molar-refractivity contribution >= 4 is 12.0 Å². The second kappa shape index (κ2) is 7.56. The van der Waals surface area contributed by atoms with Crippen molar-refractivity contribution in [2.75, 3.05) is 6.54 Å². The molecule has 0 aromatic carbocycles. The molecule has 114 valence electrons. The summed E-state index contributed by atoms with van der Waals surface area (Å²) in [7, 11) is 0. The van der Waals surface area contributed by atoms with E-state index in [1.54, 1.807) is 18.3 Å². The molecular weight excluding hydrogens is 272 g/mol. The molecule has 0 spiro atoms. The minimum Gasteiger partial charge on any atom is -0.481 e. The molecule has 0 bridgehead atoms. The fourth-order valence-electron chi connectivity index (χ4n) is 2.66. The Hall–Kier alpha value is -2.18. The third-order valence-corrected chi connectivity index (χ3v) is 3.81. The number of carbonyl (C=O) groups is 2. The molecule has 2 unspecified atom stereocenters. The number of aliphatic carboxylic acids is 1. The average molecular weight is 292 g/mol. The first-order valence-electron chi connectivity index (χ1n) is 7.18. The summed E-state index contributed by atoms with van der Waals surface area (Å²) in [6, 6.07) is 3.21. The van der Waals surface area contributed by atoms with E-state index < -0.39 is 5.97 Å². The lowest BCUT2D eigenvalue weighted by atomic mass is 9.79. The van der Waals surface area contributed by atoms with Gasteiger partial charge in [-0.25, -0.2) is 4.79 Å². The highest BCUT2D eigenvalue weighted by atomic mass is 16.4. The van der Waals surface area contributed by atoms with Gasteiger partial charge in [0, 0.05) is 12.7 Å². The first-order chi connectivity index (χ1) is 10.2. The summed E-state index contributed by atoms with van der Waals surface area (Å²) in [6.45, 7) is 0.690. The van der Waals surface area contributed by atoms with Crippen LogP contribution >= 0.6 is 0 Å². The van der Waals surface area contributed by atoms with Crippen LogP contribution in [-0.4, -0.2) is 33.8 Å². The predicted octanol–water partition coefficient (Wildman–Crippen LogP) is 1.17. The normalized spacial score (nSPS) is 21.5. The second-order valence-corrected chi connectivity index (χ2v) is 5.27. The van der Waals surface area contributed by atoms with Crippen LogP contribution in [0.5, 0.6) is 0 Å². The lowest BCUT2D eigenvalue weighted by molar-refractivity contribution is -0.144. The molecule has 2 atom stereocenters. The smallest absolute Gasteiger partial charge is 0.315 e. The maximum Gasteiger partial charge on any atom is 0.315 e. The van der Waals surface area contributed by atoms with Gasteiger partial charge in [0.25, 0.3) is 0 Å². The molecule has 7 heteroatoms. The minimum absolute atomic E-state index is 0.0125. The van der Waals surface area contributed by atoms with Crippen LogP contribution in [0, 0.1) is 11.8 Å². The summed E-state index contributed by atoms with van der Waals surface area (Å²) in [4.78, 5) is 22.9.